The first-order valence-electron chi connectivity index (χ1n) is 9.61. The fraction of sp³-hybridized carbons (Fsp3) is 0.600. The number of nitrogens with one attached hydrogen (secondary N) is 2. The van der Waals surface area contributed by atoms with Crippen LogP contribution >= 0.6 is 0 Å². The Balaban J connectivity index is 1.65. The normalized spacial score (nSPS) is 24.5. The Hall–Kier alpha value is -1.92. The molecule has 0 saturated carbocycles. The molecule has 0 spiro atoms. The van der Waals surface area contributed by atoms with Gasteiger partial charge in [0.2, 0.25) is 11.8 Å². The number of nitrogens with zero attached hydrogens (tertiary/aromatic N) is 1. The molecule has 26 heavy (non-hydrogen) atoms. The predicted molar refractivity (Wildman–Crippen MR) is 99.8 cm³/mol. The largest absolute Gasteiger partial charge is 0.379 e. The van der Waals surface area contributed by atoms with Crippen molar-refractivity contribution in [2.24, 2.45) is 0 Å². The van der Waals surface area contributed by atoms with E-state index in [1.165, 1.54) is 0 Å². The topological polar surface area (TPSA) is 70.7 Å². The van der Waals surface area contributed by atoms with Gasteiger partial charge in [-0.2, -0.15) is 0 Å². The summed E-state index contributed by atoms with van der Waals surface area (Å²) in [5.41, 5.74) is 0.220. The Morgan fingerprint density at radius 3 is 2.73 bits per heavy atom. The van der Waals surface area contributed by atoms with Crippen LogP contribution in [0.15, 0.2) is 30.3 Å². The number of hydrogen-bond donors (Lipinski definition) is 2. The molecule has 0 bridgehead atoms. The first-order valence-corrected chi connectivity index (χ1v) is 9.61. The molecule has 1 unspecified atom stereocenters. The number of ether oxygens (including phenoxy) is 1. The molecule has 2 N–H and O–H groups in total. The van der Waals surface area contributed by atoms with Crippen LogP contribution in [0, 0.1) is 0 Å². The summed E-state index contributed by atoms with van der Waals surface area (Å²) in [6.07, 6.45) is 3.42. The van der Waals surface area contributed by atoms with Crippen LogP contribution in [0.25, 0.3) is 0 Å². The average molecular weight is 359 g/mol. The van der Waals surface area contributed by atoms with E-state index >= 15 is 0 Å². The highest BCUT2D eigenvalue weighted by atomic mass is 16.5. The van der Waals surface area contributed by atoms with Crippen LogP contribution in [0.1, 0.15) is 31.2 Å². The van der Waals surface area contributed by atoms with Crippen LogP contribution in [0.4, 0.5) is 0 Å². The van der Waals surface area contributed by atoms with Gasteiger partial charge in [-0.25, -0.2) is 0 Å². The zero-order valence-corrected chi connectivity index (χ0v) is 15.3. The molecule has 2 fully saturated rings. The average Bonchev–Trinajstić information content (AvgIpc) is 2.85. The molecule has 0 aliphatic carbocycles. The molecular formula is C20H29N3O3. The Labute approximate surface area is 155 Å². The Kier molecular flexibility index (Phi) is 6.63. The lowest BCUT2D eigenvalue weighted by atomic mass is 9.85. The fourth-order valence-corrected chi connectivity index (χ4v) is 3.75. The van der Waals surface area contributed by atoms with E-state index in [9.17, 15) is 9.59 Å². The van der Waals surface area contributed by atoms with Gasteiger partial charge in [-0.05, 0) is 18.4 Å². The molecule has 2 aliphatic heterocycles. The molecule has 142 valence electrons. The van der Waals surface area contributed by atoms with E-state index in [4.69, 9.17) is 4.74 Å². The molecule has 6 heteroatoms. The SMILES string of the molecule is O=C1CCCCC(Cc2ccccc2)(C(=O)NCCN2CCOCC2)N1. The summed E-state index contributed by atoms with van der Waals surface area (Å²) in [5, 5.41) is 6.12. The highest BCUT2D eigenvalue weighted by molar-refractivity contribution is 5.92. The number of carbonyl (C=O) groups is 2. The van der Waals surface area contributed by atoms with Crippen molar-refractivity contribution < 1.29 is 14.3 Å². The van der Waals surface area contributed by atoms with Gasteiger partial charge in [-0.15, -0.1) is 0 Å². The number of carbonyl (C=O) groups excluding carboxylic acids is 2. The van der Waals surface area contributed by atoms with Gasteiger partial charge in [0.1, 0.15) is 5.54 Å². The zero-order valence-electron chi connectivity index (χ0n) is 15.3. The van der Waals surface area contributed by atoms with Gasteiger partial charge < -0.3 is 15.4 Å². The molecule has 3 rings (SSSR count). The Morgan fingerprint density at radius 2 is 1.96 bits per heavy atom. The van der Waals surface area contributed by atoms with Crippen molar-refractivity contribution >= 4 is 11.8 Å². The molecule has 2 saturated heterocycles. The molecule has 6 nitrogen and oxygen atoms in total. The minimum atomic E-state index is -0.847. The van der Waals surface area contributed by atoms with Crippen LogP contribution in [0.2, 0.25) is 0 Å². The van der Waals surface area contributed by atoms with E-state index in [0.29, 0.717) is 25.8 Å². The number of amides is 2. The summed E-state index contributed by atoms with van der Waals surface area (Å²) in [7, 11) is 0. The first-order chi connectivity index (χ1) is 12.7. The van der Waals surface area contributed by atoms with Crippen LogP contribution in [0.5, 0.6) is 0 Å². The Morgan fingerprint density at radius 1 is 1.19 bits per heavy atom. The summed E-state index contributed by atoms with van der Waals surface area (Å²) in [4.78, 5) is 27.6. The maximum Gasteiger partial charge on any atom is 0.246 e. The van der Waals surface area contributed by atoms with Crippen molar-refractivity contribution in [1.29, 1.82) is 0 Å². The van der Waals surface area contributed by atoms with Crippen LogP contribution in [0.3, 0.4) is 0 Å². The van der Waals surface area contributed by atoms with Gasteiger partial charge in [0.05, 0.1) is 13.2 Å². The van der Waals surface area contributed by atoms with E-state index < -0.39 is 5.54 Å². The molecule has 1 aromatic carbocycles. The molecule has 0 aromatic heterocycles. The van der Waals surface area contributed by atoms with Crippen molar-refractivity contribution in [2.75, 3.05) is 39.4 Å². The molecule has 2 heterocycles. The van der Waals surface area contributed by atoms with Gasteiger partial charge in [0, 0.05) is 39.0 Å². The van der Waals surface area contributed by atoms with Crippen molar-refractivity contribution in [3.05, 3.63) is 35.9 Å². The van der Waals surface area contributed by atoms with Gasteiger partial charge in [-0.3, -0.25) is 14.5 Å². The number of hydrogen-bond acceptors (Lipinski definition) is 4. The Bertz CT molecular complexity index is 602. The minimum absolute atomic E-state index is 0.0261. The van der Waals surface area contributed by atoms with Gasteiger partial charge in [0.25, 0.3) is 0 Å². The molecule has 2 amide bonds. The minimum Gasteiger partial charge on any atom is -0.379 e. The second kappa shape index (κ2) is 9.14. The van der Waals surface area contributed by atoms with Crippen LogP contribution < -0.4 is 10.6 Å². The second-order valence-corrected chi connectivity index (χ2v) is 7.21. The summed E-state index contributed by atoms with van der Waals surface area (Å²) < 4.78 is 5.35. The van der Waals surface area contributed by atoms with Gasteiger partial charge in [0.15, 0.2) is 0 Å². The molecular weight excluding hydrogens is 330 g/mol. The summed E-state index contributed by atoms with van der Waals surface area (Å²) in [6, 6.07) is 9.93. The van der Waals surface area contributed by atoms with E-state index in [-0.39, 0.29) is 11.8 Å². The van der Waals surface area contributed by atoms with Crippen molar-refractivity contribution in [3.63, 3.8) is 0 Å². The number of rotatable bonds is 6. The second-order valence-electron chi connectivity index (χ2n) is 7.21. The lowest BCUT2D eigenvalue weighted by Gasteiger charge is -2.33. The predicted octanol–water partition coefficient (Wildman–Crippen LogP) is 1.11. The quantitative estimate of drug-likeness (QED) is 0.798. The third-order valence-electron chi connectivity index (χ3n) is 5.24. The third-order valence-corrected chi connectivity index (χ3v) is 5.24. The first kappa shape index (κ1) is 18.9. The van der Waals surface area contributed by atoms with Crippen LogP contribution in [-0.4, -0.2) is 61.6 Å². The monoisotopic (exact) mass is 359 g/mol. The highest BCUT2D eigenvalue weighted by Gasteiger charge is 2.40. The number of morpholine rings is 1. The van der Waals surface area contributed by atoms with Gasteiger partial charge in [-0.1, -0.05) is 36.8 Å². The zero-order chi connectivity index (χ0) is 18.2. The van der Waals surface area contributed by atoms with E-state index in [0.717, 1.165) is 51.3 Å². The van der Waals surface area contributed by atoms with Crippen molar-refractivity contribution in [2.45, 2.75) is 37.6 Å². The van der Waals surface area contributed by atoms with E-state index in [1.54, 1.807) is 0 Å². The molecule has 1 aromatic rings. The fourth-order valence-electron chi connectivity index (χ4n) is 3.75. The van der Waals surface area contributed by atoms with Crippen LogP contribution in [-0.2, 0) is 20.7 Å². The van der Waals surface area contributed by atoms with Crippen molar-refractivity contribution in [1.82, 2.24) is 15.5 Å². The number of benzene rings is 1. The highest BCUT2D eigenvalue weighted by Crippen LogP contribution is 2.24. The third kappa shape index (κ3) is 5.05. The molecule has 2 aliphatic rings. The standard InChI is InChI=1S/C20H29N3O3/c24-18-8-4-5-9-20(22-18,16-17-6-2-1-3-7-17)19(25)21-10-11-23-12-14-26-15-13-23/h1-3,6-7H,4-5,8-16H2,(H,21,25)(H,22,24). The smallest absolute Gasteiger partial charge is 0.246 e. The molecule has 0 radical (unpaired) electrons. The summed E-state index contributed by atoms with van der Waals surface area (Å²) in [5.74, 6) is -0.0911. The summed E-state index contributed by atoms with van der Waals surface area (Å²) >= 11 is 0. The van der Waals surface area contributed by atoms with Gasteiger partial charge >= 0.3 is 0 Å². The molecule has 1 atom stereocenters. The lowest BCUT2D eigenvalue weighted by molar-refractivity contribution is -0.133. The lowest BCUT2D eigenvalue weighted by Crippen LogP contribution is -2.60. The maximum absolute atomic E-state index is 13.1. The van der Waals surface area contributed by atoms with E-state index in [2.05, 4.69) is 15.5 Å². The van der Waals surface area contributed by atoms with Crippen molar-refractivity contribution in [3.8, 4) is 0 Å². The van der Waals surface area contributed by atoms with E-state index in [1.807, 2.05) is 30.3 Å². The summed E-state index contributed by atoms with van der Waals surface area (Å²) in [6.45, 7) is 4.71. The maximum atomic E-state index is 13.1.